The number of benzene rings is 3. The van der Waals surface area contributed by atoms with Gasteiger partial charge in [-0.2, -0.15) is 4.31 Å². The summed E-state index contributed by atoms with van der Waals surface area (Å²) in [5.74, 6) is -0.120. The lowest BCUT2D eigenvalue weighted by atomic mass is 10.1. The molecule has 0 aliphatic carbocycles. The maximum absolute atomic E-state index is 12.7. The number of nitrogens with one attached hydrogen (secondary N) is 1. The van der Waals surface area contributed by atoms with Gasteiger partial charge >= 0.3 is 0 Å². The molecule has 174 valence electrons. The van der Waals surface area contributed by atoms with Gasteiger partial charge in [-0.3, -0.25) is 4.79 Å². The molecule has 4 aromatic rings. The fourth-order valence-corrected chi connectivity index (χ4v) is 6.14. The molecule has 5 rings (SSSR count). The molecule has 0 radical (unpaired) electrons. The van der Waals surface area contributed by atoms with Crippen molar-refractivity contribution in [3.05, 3.63) is 78.4 Å². The summed E-state index contributed by atoms with van der Waals surface area (Å²) in [6.45, 7) is 1.57. The van der Waals surface area contributed by atoms with E-state index in [1.807, 2.05) is 42.5 Å². The van der Waals surface area contributed by atoms with Crippen LogP contribution in [0.25, 0.3) is 20.8 Å². The number of fused-ring (bicyclic) bond motifs is 1. The smallest absolute Gasteiger partial charge is 0.243 e. The Bertz CT molecular complexity index is 1380. The number of hydrogen-bond donors (Lipinski definition) is 1. The average Bonchev–Trinajstić information content (AvgIpc) is 3.32. The van der Waals surface area contributed by atoms with Crippen LogP contribution in [0.1, 0.15) is 10.4 Å². The SMILES string of the molecule is O=C(CNc1ccc(-c2nc3ccccc3s2)cc1)c1ccc(S(=O)(=O)N2CCOCC2)cc1. The van der Waals surface area contributed by atoms with Crippen LogP contribution < -0.4 is 5.32 Å². The van der Waals surface area contributed by atoms with Crippen LogP contribution in [-0.2, 0) is 14.8 Å². The van der Waals surface area contributed by atoms with Crippen molar-refractivity contribution in [2.45, 2.75) is 4.90 Å². The maximum Gasteiger partial charge on any atom is 0.243 e. The van der Waals surface area contributed by atoms with Crippen LogP contribution in [0.5, 0.6) is 0 Å². The van der Waals surface area contributed by atoms with Crippen molar-refractivity contribution in [1.82, 2.24) is 9.29 Å². The fourth-order valence-electron chi connectivity index (χ4n) is 3.76. The number of ether oxygens (including phenoxy) is 1. The minimum Gasteiger partial charge on any atom is -0.379 e. The van der Waals surface area contributed by atoms with Crippen molar-refractivity contribution >= 4 is 43.0 Å². The Hall–Kier alpha value is -3.11. The molecule has 0 saturated carbocycles. The maximum atomic E-state index is 12.7. The Morgan fingerprint density at radius 1 is 0.971 bits per heavy atom. The van der Waals surface area contributed by atoms with Crippen LogP contribution >= 0.6 is 11.3 Å². The van der Waals surface area contributed by atoms with Gasteiger partial charge in [-0.05, 0) is 60.7 Å². The third-order valence-corrected chi connectivity index (χ3v) is 8.66. The number of anilines is 1. The number of morpholine rings is 1. The van der Waals surface area contributed by atoms with E-state index in [4.69, 9.17) is 4.74 Å². The topological polar surface area (TPSA) is 88.6 Å². The molecule has 1 N–H and O–H groups in total. The molecule has 0 unspecified atom stereocenters. The van der Waals surface area contributed by atoms with E-state index in [0.717, 1.165) is 26.5 Å². The molecule has 1 aliphatic heterocycles. The van der Waals surface area contributed by atoms with Crippen molar-refractivity contribution in [3.63, 3.8) is 0 Å². The van der Waals surface area contributed by atoms with Crippen LogP contribution in [-0.4, -0.2) is 56.3 Å². The van der Waals surface area contributed by atoms with Crippen molar-refractivity contribution in [2.24, 2.45) is 0 Å². The quantitative estimate of drug-likeness (QED) is 0.387. The number of para-hydroxylation sites is 1. The second-order valence-electron chi connectivity index (χ2n) is 7.88. The van der Waals surface area contributed by atoms with Gasteiger partial charge in [0, 0.05) is 29.9 Å². The summed E-state index contributed by atoms with van der Waals surface area (Å²) < 4.78 is 33.2. The molecule has 0 bridgehead atoms. The summed E-state index contributed by atoms with van der Waals surface area (Å²) in [5.41, 5.74) is 3.29. The minimum atomic E-state index is -3.57. The Morgan fingerprint density at radius 3 is 2.38 bits per heavy atom. The first-order valence-electron chi connectivity index (χ1n) is 10.9. The molecule has 1 aromatic heterocycles. The summed E-state index contributed by atoms with van der Waals surface area (Å²) in [6.07, 6.45) is 0. The molecule has 0 amide bonds. The third-order valence-electron chi connectivity index (χ3n) is 5.66. The first kappa shape index (κ1) is 22.7. The molecular formula is C25H23N3O4S2. The molecule has 7 nitrogen and oxygen atoms in total. The molecule has 0 spiro atoms. The van der Waals surface area contributed by atoms with Crippen molar-refractivity contribution < 1.29 is 17.9 Å². The van der Waals surface area contributed by atoms with Gasteiger partial charge in [0.2, 0.25) is 10.0 Å². The highest BCUT2D eigenvalue weighted by atomic mass is 32.2. The number of sulfonamides is 1. The number of Topliss-reactive ketones (excluding diaryl/α,β-unsaturated/α-hetero) is 1. The van der Waals surface area contributed by atoms with Crippen molar-refractivity contribution in [3.8, 4) is 10.6 Å². The third kappa shape index (κ3) is 4.74. The van der Waals surface area contributed by atoms with Gasteiger partial charge in [-0.15, -0.1) is 11.3 Å². The second kappa shape index (κ2) is 9.63. The zero-order valence-corrected chi connectivity index (χ0v) is 19.9. The van der Waals surface area contributed by atoms with Gasteiger partial charge in [0.15, 0.2) is 5.78 Å². The molecule has 9 heteroatoms. The largest absolute Gasteiger partial charge is 0.379 e. The number of nitrogens with zero attached hydrogens (tertiary/aromatic N) is 2. The molecular weight excluding hydrogens is 470 g/mol. The highest BCUT2D eigenvalue weighted by molar-refractivity contribution is 7.89. The molecule has 1 saturated heterocycles. The predicted octanol–water partition coefficient (Wildman–Crippen LogP) is 4.28. The zero-order valence-electron chi connectivity index (χ0n) is 18.3. The Balaban J connectivity index is 1.21. The molecule has 2 heterocycles. The van der Waals surface area contributed by atoms with Gasteiger partial charge < -0.3 is 10.1 Å². The summed E-state index contributed by atoms with van der Waals surface area (Å²) >= 11 is 1.65. The van der Waals surface area contributed by atoms with Crippen molar-refractivity contribution in [1.29, 1.82) is 0 Å². The van der Waals surface area contributed by atoms with E-state index in [2.05, 4.69) is 16.4 Å². The van der Waals surface area contributed by atoms with Gasteiger partial charge in [-0.1, -0.05) is 12.1 Å². The average molecular weight is 494 g/mol. The molecule has 34 heavy (non-hydrogen) atoms. The standard InChI is InChI=1S/C25H23N3O4S2/c29-23(18-7-11-21(12-8-18)34(30,31)28-13-15-32-16-14-28)17-26-20-9-5-19(6-10-20)25-27-22-3-1-2-4-24(22)33-25/h1-12,26H,13-17H2. The van der Waals surface area contributed by atoms with E-state index in [1.165, 1.54) is 16.4 Å². The lowest BCUT2D eigenvalue weighted by Crippen LogP contribution is -2.40. The van der Waals surface area contributed by atoms with Gasteiger partial charge in [-0.25, -0.2) is 13.4 Å². The molecule has 1 aliphatic rings. The van der Waals surface area contributed by atoms with E-state index in [1.54, 1.807) is 23.5 Å². The van der Waals surface area contributed by atoms with Gasteiger partial charge in [0.1, 0.15) is 5.01 Å². The highest BCUT2D eigenvalue weighted by Gasteiger charge is 2.26. The predicted molar refractivity (Wildman–Crippen MR) is 134 cm³/mol. The number of carbonyl (C=O) groups excluding carboxylic acids is 1. The second-order valence-corrected chi connectivity index (χ2v) is 10.9. The number of aromatic nitrogens is 1. The molecule has 0 atom stereocenters. The van der Waals surface area contributed by atoms with E-state index >= 15 is 0 Å². The van der Waals surface area contributed by atoms with Crippen LogP contribution in [0, 0.1) is 0 Å². The Kier molecular flexibility index (Phi) is 6.42. The highest BCUT2D eigenvalue weighted by Crippen LogP contribution is 2.30. The number of thiazole rings is 1. The van der Waals surface area contributed by atoms with Gasteiger partial charge in [0.05, 0.1) is 34.9 Å². The normalized spacial score (nSPS) is 14.8. The summed E-state index contributed by atoms with van der Waals surface area (Å²) in [4.78, 5) is 17.5. The first-order valence-corrected chi connectivity index (χ1v) is 13.2. The fraction of sp³-hybridized carbons (Fsp3) is 0.200. The minimum absolute atomic E-state index is 0.107. The van der Waals surface area contributed by atoms with Crippen LogP contribution in [0.3, 0.4) is 0 Å². The molecule has 3 aromatic carbocycles. The zero-order chi connectivity index (χ0) is 23.5. The summed E-state index contributed by atoms with van der Waals surface area (Å²) in [7, 11) is -3.57. The summed E-state index contributed by atoms with van der Waals surface area (Å²) in [6, 6.07) is 22.0. The van der Waals surface area contributed by atoms with E-state index in [9.17, 15) is 13.2 Å². The number of carbonyl (C=O) groups is 1. The van der Waals surface area contributed by atoms with Crippen molar-refractivity contribution in [2.75, 3.05) is 38.2 Å². The van der Waals surface area contributed by atoms with E-state index in [0.29, 0.717) is 31.9 Å². The van der Waals surface area contributed by atoms with Crippen LogP contribution in [0.4, 0.5) is 5.69 Å². The monoisotopic (exact) mass is 493 g/mol. The van der Waals surface area contributed by atoms with E-state index < -0.39 is 10.0 Å². The summed E-state index contributed by atoms with van der Waals surface area (Å²) in [5, 5.41) is 4.09. The molecule has 1 fully saturated rings. The van der Waals surface area contributed by atoms with Crippen LogP contribution in [0.15, 0.2) is 77.7 Å². The van der Waals surface area contributed by atoms with Crippen LogP contribution in [0.2, 0.25) is 0 Å². The number of ketones is 1. The first-order chi connectivity index (χ1) is 16.5. The number of hydrogen-bond acceptors (Lipinski definition) is 7. The van der Waals surface area contributed by atoms with E-state index in [-0.39, 0.29) is 17.2 Å². The lowest BCUT2D eigenvalue weighted by Gasteiger charge is -2.26. The Morgan fingerprint density at radius 2 is 1.68 bits per heavy atom. The Labute approximate surface area is 202 Å². The van der Waals surface area contributed by atoms with Gasteiger partial charge in [0.25, 0.3) is 0 Å². The lowest BCUT2D eigenvalue weighted by molar-refractivity contribution is 0.0730. The number of rotatable bonds is 7.